The van der Waals surface area contributed by atoms with E-state index >= 15 is 0 Å². The number of aromatic nitrogens is 1. The van der Waals surface area contributed by atoms with Gasteiger partial charge in [0.05, 0.1) is 27.6 Å². The maximum Gasteiger partial charge on any atom is 0.387 e. The molecule has 8 nitrogen and oxygen atoms in total. The number of ketones is 1. The summed E-state index contributed by atoms with van der Waals surface area (Å²) in [6, 6.07) is 12.2. The number of sulfone groups is 1. The first kappa shape index (κ1) is 25.7. The molecule has 0 aliphatic carbocycles. The summed E-state index contributed by atoms with van der Waals surface area (Å²) in [5.74, 6) is -5.98. The molecule has 3 aromatic rings. The average Bonchev–Trinajstić information content (AvgIpc) is 3.19. The van der Waals surface area contributed by atoms with Crippen LogP contribution in [0.4, 0.5) is 8.78 Å². The van der Waals surface area contributed by atoms with E-state index in [0.29, 0.717) is 10.2 Å². The minimum atomic E-state index is -4.34. The molecule has 1 unspecified atom stereocenters. The minimum Gasteiger partial charge on any atom is -0.435 e. The van der Waals surface area contributed by atoms with Gasteiger partial charge in [-0.2, -0.15) is 8.78 Å². The van der Waals surface area contributed by atoms with Crippen LogP contribution in [0.2, 0.25) is 0 Å². The van der Waals surface area contributed by atoms with Gasteiger partial charge in [-0.1, -0.05) is 37.3 Å². The van der Waals surface area contributed by atoms with E-state index in [0.717, 1.165) is 11.3 Å². The van der Waals surface area contributed by atoms with Crippen molar-refractivity contribution in [3.8, 4) is 5.75 Å². The Bertz CT molecular complexity index is 1280. The summed E-state index contributed by atoms with van der Waals surface area (Å²) in [4.78, 5) is 29.7. The van der Waals surface area contributed by atoms with E-state index in [2.05, 4.69) is 9.72 Å². The molecule has 0 bridgehead atoms. The number of alkyl halides is 2. The first-order chi connectivity index (χ1) is 16.0. The van der Waals surface area contributed by atoms with Crippen LogP contribution in [-0.4, -0.2) is 48.2 Å². The minimum absolute atomic E-state index is 0.000743. The Morgan fingerprint density at radius 2 is 1.82 bits per heavy atom. The summed E-state index contributed by atoms with van der Waals surface area (Å²) in [5, 5.41) is 11.1. The van der Waals surface area contributed by atoms with E-state index in [1.165, 1.54) is 31.2 Å². The number of Topliss-reactive ketones (excluding diaryl/α,β-unsaturated/α-hetero) is 1. The number of hydrogen-bond donors (Lipinski definition) is 2. The number of rotatable bonds is 11. The van der Waals surface area contributed by atoms with Crippen molar-refractivity contribution in [3.63, 3.8) is 0 Å². The number of hydrogen-bond acceptors (Lipinski definition) is 8. The number of benzene rings is 2. The Balaban J connectivity index is 1.92. The third-order valence-corrected chi connectivity index (χ3v) is 7.92. The zero-order valence-corrected chi connectivity index (χ0v) is 19.6. The molecule has 1 heterocycles. The molecule has 3 N–H and O–H groups in total. The molecular weight excluding hydrogens is 490 g/mol. The second kappa shape index (κ2) is 10.1. The molecule has 12 heteroatoms. The SMILES string of the molecule is CC[C@H](C(=O)c1nc2ccccc2s1)C(O)(CS(=O)(=O)Cc1ccccc1OC(F)F)C(N)=O. The van der Waals surface area contributed by atoms with Crippen molar-refractivity contribution >= 4 is 43.1 Å². The molecule has 3 rings (SSSR count). The number of ether oxygens (including phenoxy) is 1. The van der Waals surface area contributed by atoms with Gasteiger partial charge in [-0.25, -0.2) is 13.4 Å². The van der Waals surface area contributed by atoms with E-state index in [4.69, 9.17) is 5.73 Å². The van der Waals surface area contributed by atoms with E-state index in [-0.39, 0.29) is 22.7 Å². The Morgan fingerprint density at radius 3 is 2.44 bits per heavy atom. The molecule has 34 heavy (non-hydrogen) atoms. The van der Waals surface area contributed by atoms with Crippen LogP contribution in [0.1, 0.15) is 28.7 Å². The highest BCUT2D eigenvalue weighted by Crippen LogP contribution is 2.32. The zero-order valence-electron chi connectivity index (χ0n) is 18.0. The lowest BCUT2D eigenvalue weighted by Crippen LogP contribution is -2.57. The molecule has 2 aromatic carbocycles. The normalized spacial score (nSPS) is 14.6. The van der Waals surface area contributed by atoms with Crippen molar-refractivity contribution in [2.45, 2.75) is 31.3 Å². The van der Waals surface area contributed by atoms with Gasteiger partial charge in [-0.15, -0.1) is 11.3 Å². The quantitative estimate of drug-likeness (QED) is 0.377. The van der Waals surface area contributed by atoms with Gasteiger partial charge in [-0.05, 0) is 24.6 Å². The lowest BCUT2D eigenvalue weighted by molar-refractivity contribution is -0.137. The van der Waals surface area contributed by atoms with Crippen molar-refractivity contribution in [2.75, 3.05) is 5.75 Å². The van der Waals surface area contributed by atoms with Crippen molar-refractivity contribution in [3.05, 3.63) is 59.1 Å². The molecule has 0 aliphatic heterocycles. The number of para-hydroxylation sites is 2. The maximum absolute atomic E-state index is 13.2. The van der Waals surface area contributed by atoms with Crippen molar-refractivity contribution < 1.29 is 36.6 Å². The predicted molar refractivity (Wildman–Crippen MR) is 122 cm³/mol. The fourth-order valence-corrected chi connectivity index (χ4v) is 6.46. The number of nitrogens with two attached hydrogens (primary N) is 1. The van der Waals surface area contributed by atoms with Crippen LogP contribution in [0.5, 0.6) is 5.75 Å². The maximum atomic E-state index is 13.2. The van der Waals surface area contributed by atoms with Gasteiger partial charge in [0.1, 0.15) is 5.75 Å². The first-order valence-electron chi connectivity index (χ1n) is 10.1. The number of amides is 1. The third kappa shape index (κ3) is 5.57. The fraction of sp³-hybridized carbons (Fsp3) is 0.318. The van der Waals surface area contributed by atoms with Gasteiger partial charge in [0.25, 0.3) is 5.91 Å². The van der Waals surface area contributed by atoms with Crippen molar-refractivity contribution in [2.24, 2.45) is 11.7 Å². The number of carbonyl (C=O) groups is 2. The molecule has 0 saturated heterocycles. The summed E-state index contributed by atoms with van der Waals surface area (Å²) in [6.07, 6.45) is -0.102. The number of nitrogens with zero attached hydrogens (tertiary/aromatic N) is 1. The topological polar surface area (TPSA) is 137 Å². The summed E-state index contributed by atoms with van der Waals surface area (Å²) in [6.45, 7) is -1.68. The van der Waals surface area contributed by atoms with E-state index in [1.807, 2.05) is 0 Å². The van der Waals surface area contributed by atoms with Crippen LogP contribution in [0.3, 0.4) is 0 Å². The monoisotopic (exact) mass is 512 g/mol. The third-order valence-electron chi connectivity index (χ3n) is 5.24. The van der Waals surface area contributed by atoms with E-state index in [1.54, 1.807) is 24.3 Å². The van der Waals surface area contributed by atoms with Gasteiger partial charge in [0, 0.05) is 5.56 Å². The summed E-state index contributed by atoms with van der Waals surface area (Å²) in [7, 11) is -4.34. The molecule has 2 atom stereocenters. The smallest absolute Gasteiger partial charge is 0.387 e. The highest BCUT2D eigenvalue weighted by molar-refractivity contribution is 7.90. The molecule has 0 saturated carbocycles. The van der Waals surface area contributed by atoms with Crippen LogP contribution >= 0.6 is 11.3 Å². The number of halogens is 2. The van der Waals surface area contributed by atoms with E-state index in [9.17, 15) is 31.9 Å². The molecule has 1 aromatic heterocycles. The lowest BCUT2D eigenvalue weighted by atomic mass is 9.83. The second-order valence-electron chi connectivity index (χ2n) is 7.62. The molecular formula is C22H22F2N2O6S2. The summed E-state index contributed by atoms with van der Waals surface area (Å²) >= 11 is 1.04. The average molecular weight is 513 g/mol. The van der Waals surface area contributed by atoms with Gasteiger partial charge >= 0.3 is 6.61 Å². The van der Waals surface area contributed by atoms with Crippen LogP contribution in [0, 0.1) is 5.92 Å². The number of primary amides is 1. The molecule has 182 valence electrons. The Hall–Kier alpha value is -2.96. The van der Waals surface area contributed by atoms with Gasteiger partial charge < -0.3 is 15.6 Å². The molecule has 0 spiro atoms. The lowest BCUT2D eigenvalue weighted by Gasteiger charge is -2.31. The Labute approximate surface area is 198 Å². The first-order valence-corrected chi connectivity index (χ1v) is 12.8. The summed E-state index contributed by atoms with van der Waals surface area (Å²) < 4.78 is 56.3. The van der Waals surface area contributed by atoms with Gasteiger partial charge in [0.2, 0.25) is 0 Å². The van der Waals surface area contributed by atoms with Crippen LogP contribution < -0.4 is 10.5 Å². The van der Waals surface area contributed by atoms with Crippen LogP contribution in [0.25, 0.3) is 10.2 Å². The van der Waals surface area contributed by atoms with Crippen molar-refractivity contribution in [1.29, 1.82) is 0 Å². The number of fused-ring (bicyclic) bond motifs is 1. The standard InChI is InChI=1S/C22H22F2N2O6S2/c1-2-14(18(27)19-26-15-8-4-6-10-17(15)33-19)22(29,20(25)28)12-34(30,31)11-13-7-3-5-9-16(13)32-21(23)24/h3-10,14,21,29H,2,11-12H2,1H3,(H2,25,28)/t14-,22?/m1/s1. The van der Waals surface area contributed by atoms with Gasteiger partial charge in [0.15, 0.2) is 26.2 Å². The second-order valence-corrected chi connectivity index (χ2v) is 10.7. The summed E-state index contributed by atoms with van der Waals surface area (Å²) in [5.41, 5.74) is 3.08. The number of aliphatic hydroxyl groups is 1. The largest absolute Gasteiger partial charge is 0.435 e. The fourth-order valence-electron chi connectivity index (χ4n) is 3.67. The molecule has 1 amide bonds. The molecule has 0 radical (unpaired) electrons. The van der Waals surface area contributed by atoms with E-state index < -0.39 is 51.2 Å². The molecule has 0 fully saturated rings. The predicted octanol–water partition coefficient (Wildman–Crippen LogP) is 2.94. The van der Waals surface area contributed by atoms with Crippen LogP contribution in [0.15, 0.2) is 48.5 Å². The highest BCUT2D eigenvalue weighted by atomic mass is 32.2. The molecule has 0 aliphatic rings. The Morgan fingerprint density at radius 1 is 1.18 bits per heavy atom. The van der Waals surface area contributed by atoms with Crippen LogP contribution in [-0.2, 0) is 20.4 Å². The van der Waals surface area contributed by atoms with Crippen molar-refractivity contribution in [1.82, 2.24) is 4.98 Å². The van der Waals surface area contributed by atoms with Gasteiger partial charge in [-0.3, -0.25) is 9.59 Å². The number of carbonyl (C=O) groups excluding carboxylic acids is 2. The highest BCUT2D eigenvalue weighted by Gasteiger charge is 2.49. The number of thiazole rings is 1. The Kier molecular flexibility index (Phi) is 7.64. The zero-order chi connectivity index (χ0) is 25.1.